The second kappa shape index (κ2) is 5.56. The maximum Gasteiger partial charge on any atom is 0.169 e. The normalized spacial score (nSPS) is 11.0. The van der Waals surface area contributed by atoms with Crippen LogP contribution < -0.4 is 0 Å². The predicted molar refractivity (Wildman–Crippen MR) is 95.8 cm³/mol. The Bertz CT molecular complexity index is 973. The van der Waals surface area contributed by atoms with Crippen LogP contribution in [0.3, 0.4) is 0 Å². The molecule has 0 fully saturated rings. The largest absolute Gasteiger partial charge is 0.227 e. The quantitative estimate of drug-likeness (QED) is 0.545. The molecule has 0 aliphatic carbocycles. The van der Waals surface area contributed by atoms with E-state index >= 15 is 0 Å². The van der Waals surface area contributed by atoms with E-state index in [0.717, 1.165) is 33.1 Å². The molecule has 2 aromatic carbocycles. The van der Waals surface area contributed by atoms with Crippen LogP contribution in [0.2, 0.25) is 0 Å². The van der Waals surface area contributed by atoms with Crippen LogP contribution in [0.25, 0.3) is 28.2 Å². The number of benzene rings is 2. The summed E-state index contributed by atoms with van der Waals surface area (Å²) in [5.74, 6) is 0. The number of nitrogens with zero attached hydrogens (tertiary/aromatic N) is 3. The Kier molecular flexibility index (Phi) is 3.39. The number of rotatable bonds is 2. The van der Waals surface area contributed by atoms with E-state index in [-0.39, 0.29) is 0 Å². The zero-order valence-electron chi connectivity index (χ0n) is 12.6. The van der Waals surface area contributed by atoms with Gasteiger partial charge in [-0.25, -0.2) is 9.50 Å². The van der Waals surface area contributed by atoms with Crippen LogP contribution in [0.4, 0.5) is 0 Å². The molecule has 0 bridgehead atoms. The van der Waals surface area contributed by atoms with Crippen molar-refractivity contribution < 1.29 is 0 Å². The number of aryl methyl sites for hydroxylation is 1. The van der Waals surface area contributed by atoms with Crippen molar-refractivity contribution in [2.75, 3.05) is 0 Å². The molecule has 4 heteroatoms. The first-order valence-corrected chi connectivity index (χ1v) is 7.88. The molecule has 2 heterocycles. The number of fused-ring (bicyclic) bond motifs is 1. The van der Waals surface area contributed by atoms with Crippen molar-refractivity contribution in [2.24, 2.45) is 0 Å². The third-order valence-corrected chi connectivity index (χ3v) is 4.27. The van der Waals surface area contributed by atoms with Crippen LogP contribution in [-0.4, -0.2) is 14.6 Å². The first-order chi connectivity index (χ1) is 11.2. The third kappa shape index (κ3) is 2.51. The Balaban J connectivity index is 1.86. The lowest BCUT2D eigenvalue weighted by molar-refractivity contribution is 0.944. The average molecular weight is 317 g/mol. The first kappa shape index (κ1) is 14.0. The van der Waals surface area contributed by atoms with Gasteiger partial charge in [0.15, 0.2) is 5.65 Å². The Morgan fingerprint density at radius 3 is 2.35 bits per heavy atom. The van der Waals surface area contributed by atoms with Crippen molar-refractivity contribution in [1.82, 2.24) is 14.6 Å². The van der Waals surface area contributed by atoms with E-state index in [1.165, 1.54) is 5.56 Å². The summed E-state index contributed by atoms with van der Waals surface area (Å²) >= 11 is 4.66. The number of hydrogen-bond acceptors (Lipinski definition) is 3. The zero-order valence-corrected chi connectivity index (χ0v) is 13.5. The van der Waals surface area contributed by atoms with E-state index in [4.69, 9.17) is 4.98 Å². The van der Waals surface area contributed by atoms with Gasteiger partial charge in [0, 0.05) is 17.3 Å². The molecule has 23 heavy (non-hydrogen) atoms. The van der Waals surface area contributed by atoms with Crippen LogP contribution in [0, 0.1) is 6.92 Å². The summed E-state index contributed by atoms with van der Waals surface area (Å²) in [6.45, 7) is 2.08. The first-order valence-electron chi connectivity index (χ1n) is 7.43. The lowest BCUT2D eigenvalue weighted by Gasteiger charge is -2.02. The van der Waals surface area contributed by atoms with Gasteiger partial charge >= 0.3 is 0 Å². The van der Waals surface area contributed by atoms with Gasteiger partial charge in [-0.2, -0.15) is 5.10 Å². The molecule has 112 valence electrons. The van der Waals surface area contributed by atoms with Crippen molar-refractivity contribution in [1.29, 1.82) is 0 Å². The van der Waals surface area contributed by atoms with Crippen LogP contribution in [0.1, 0.15) is 5.56 Å². The van der Waals surface area contributed by atoms with Gasteiger partial charge in [0.25, 0.3) is 0 Å². The second-order valence-electron chi connectivity index (χ2n) is 5.51. The summed E-state index contributed by atoms with van der Waals surface area (Å²) in [5.41, 5.74) is 5.91. The molecule has 0 aliphatic heterocycles. The molecule has 4 aromatic rings. The van der Waals surface area contributed by atoms with Gasteiger partial charge in [-0.3, -0.25) is 0 Å². The minimum atomic E-state index is 0.769. The standard InChI is InChI=1S/C19H15N3S/c1-13-7-9-14(10-8-13)16-11-12-22-19(20-16)18(23)17(21-22)15-5-3-2-4-6-15/h2-12,23H,1H3. The number of thiol groups is 1. The maximum absolute atomic E-state index is 4.74. The van der Waals surface area contributed by atoms with Crippen molar-refractivity contribution in [3.8, 4) is 22.5 Å². The predicted octanol–water partition coefficient (Wildman–Crippen LogP) is 4.66. The van der Waals surface area contributed by atoms with E-state index in [0.29, 0.717) is 0 Å². The summed E-state index contributed by atoms with van der Waals surface area (Å²) in [6, 6.07) is 20.4. The molecule has 2 aromatic heterocycles. The zero-order chi connectivity index (χ0) is 15.8. The molecular formula is C19H15N3S. The van der Waals surface area contributed by atoms with Crippen LogP contribution in [0.15, 0.2) is 71.8 Å². The minimum Gasteiger partial charge on any atom is -0.227 e. The van der Waals surface area contributed by atoms with E-state index in [1.807, 2.05) is 42.6 Å². The van der Waals surface area contributed by atoms with Crippen molar-refractivity contribution >= 4 is 18.3 Å². The molecule has 0 amide bonds. The lowest BCUT2D eigenvalue weighted by Crippen LogP contribution is -1.92. The maximum atomic E-state index is 4.74. The Morgan fingerprint density at radius 2 is 1.61 bits per heavy atom. The van der Waals surface area contributed by atoms with Gasteiger partial charge in [0.1, 0.15) is 5.69 Å². The molecule has 0 N–H and O–H groups in total. The molecule has 3 nitrogen and oxygen atoms in total. The number of aromatic nitrogens is 3. The molecule has 4 rings (SSSR count). The number of hydrogen-bond donors (Lipinski definition) is 1. The SMILES string of the molecule is Cc1ccc(-c2ccn3nc(-c4ccccc4)c(S)c3n2)cc1. The van der Waals surface area contributed by atoms with Gasteiger partial charge in [0.2, 0.25) is 0 Å². The van der Waals surface area contributed by atoms with Gasteiger partial charge < -0.3 is 0 Å². The Labute approximate surface area is 140 Å². The highest BCUT2D eigenvalue weighted by molar-refractivity contribution is 7.80. The summed E-state index contributed by atoms with van der Waals surface area (Å²) in [6.07, 6.45) is 1.93. The molecule has 0 atom stereocenters. The van der Waals surface area contributed by atoms with E-state index in [9.17, 15) is 0 Å². The third-order valence-electron chi connectivity index (χ3n) is 3.86. The molecule has 0 aliphatic rings. The molecule has 0 unspecified atom stereocenters. The van der Waals surface area contributed by atoms with Crippen LogP contribution in [-0.2, 0) is 0 Å². The van der Waals surface area contributed by atoms with Crippen LogP contribution >= 0.6 is 12.6 Å². The molecule has 0 saturated heterocycles. The topological polar surface area (TPSA) is 30.2 Å². The average Bonchev–Trinajstić information content (AvgIpc) is 2.93. The Morgan fingerprint density at radius 1 is 0.870 bits per heavy atom. The summed E-state index contributed by atoms with van der Waals surface area (Å²) in [4.78, 5) is 5.54. The minimum absolute atomic E-state index is 0.769. The molecule has 0 radical (unpaired) electrons. The van der Waals surface area contributed by atoms with Crippen molar-refractivity contribution in [3.63, 3.8) is 0 Å². The van der Waals surface area contributed by atoms with Gasteiger partial charge in [-0.05, 0) is 13.0 Å². The highest BCUT2D eigenvalue weighted by Crippen LogP contribution is 2.29. The summed E-state index contributed by atoms with van der Waals surface area (Å²) in [5, 5.41) is 4.61. The fourth-order valence-corrected chi connectivity index (χ4v) is 2.92. The Hall–Kier alpha value is -2.59. The monoisotopic (exact) mass is 317 g/mol. The summed E-state index contributed by atoms with van der Waals surface area (Å²) < 4.78 is 1.78. The lowest BCUT2D eigenvalue weighted by atomic mass is 10.1. The molecular weight excluding hydrogens is 302 g/mol. The van der Waals surface area contributed by atoms with Gasteiger partial charge in [-0.1, -0.05) is 60.2 Å². The second-order valence-corrected chi connectivity index (χ2v) is 5.96. The van der Waals surface area contributed by atoms with Gasteiger partial charge in [0.05, 0.1) is 10.6 Å². The highest BCUT2D eigenvalue weighted by Gasteiger charge is 2.13. The smallest absolute Gasteiger partial charge is 0.169 e. The summed E-state index contributed by atoms with van der Waals surface area (Å²) in [7, 11) is 0. The van der Waals surface area contributed by atoms with E-state index in [1.54, 1.807) is 4.52 Å². The highest BCUT2D eigenvalue weighted by atomic mass is 32.1. The fourth-order valence-electron chi connectivity index (χ4n) is 2.59. The molecule has 0 saturated carbocycles. The van der Waals surface area contributed by atoms with Crippen molar-refractivity contribution in [3.05, 3.63) is 72.4 Å². The van der Waals surface area contributed by atoms with Crippen molar-refractivity contribution in [2.45, 2.75) is 11.8 Å². The fraction of sp³-hybridized carbons (Fsp3) is 0.0526. The molecule has 0 spiro atoms. The van der Waals surface area contributed by atoms with Crippen LogP contribution in [0.5, 0.6) is 0 Å². The van der Waals surface area contributed by atoms with E-state index in [2.05, 4.69) is 48.9 Å². The van der Waals surface area contributed by atoms with Gasteiger partial charge in [-0.15, -0.1) is 12.6 Å². The van der Waals surface area contributed by atoms with E-state index < -0.39 is 0 Å².